The van der Waals surface area contributed by atoms with Gasteiger partial charge in [0.2, 0.25) is 0 Å². The highest BCUT2D eigenvalue weighted by Gasteiger charge is 2.14. The molecule has 0 aliphatic carbocycles. The van der Waals surface area contributed by atoms with E-state index in [1.807, 2.05) is 35.9 Å². The van der Waals surface area contributed by atoms with E-state index in [-0.39, 0.29) is 0 Å². The van der Waals surface area contributed by atoms with Gasteiger partial charge in [0, 0.05) is 18.4 Å². The molecule has 2 aromatic carbocycles. The highest BCUT2D eigenvalue weighted by Crippen LogP contribution is 2.21. The summed E-state index contributed by atoms with van der Waals surface area (Å²) in [6.07, 6.45) is 2.57. The number of nitrogens with zero attached hydrogens (tertiary/aromatic N) is 1. The molecule has 0 bridgehead atoms. The van der Waals surface area contributed by atoms with Gasteiger partial charge >= 0.3 is 5.97 Å². The molecule has 3 heteroatoms. The van der Waals surface area contributed by atoms with Crippen LogP contribution in [0.25, 0.3) is 10.8 Å². The van der Waals surface area contributed by atoms with Gasteiger partial charge in [0.25, 0.3) is 0 Å². The highest BCUT2D eigenvalue weighted by molar-refractivity contribution is 5.89. The Balaban J connectivity index is 2.05. The smallest absolute Gasteiger partial charge is 0.337 e. The fourth-order valence-corrected chi connectivity index (χ4v) is 2.86. The maximum atomic E-state index is 11.2. The molecule has 1 aromatic heterocycles. The molecule has 21 heavy (non-hydrogen) atoms. The average Bonchev–Trinajstić information content (AvgIpc) is 2.90. The summed E-state index contributed by atoms with van der Waals surface area (Å²) in [5.41, 5.74) is 2.48. The molecule has 106 valence electrons. The number of benzene rings is 2. The number of hydrogen-bond acceptors (Lipinski definition) is 1. The molecule has 1 N–H and O–H groups in total. The first-order valence-corrected chi connectivity index (χ1v) is 7.08. The van der Waals surface area contributed by atoms with Crippen molar-refractivity contribution in [1.29, 1.82) is 0 Å². The number of carbonyl (C=O) groups is 1. The zero-order chi connectivity index (χ0) is 14.8. The van der Waals surface area contributed by atoms with Crippen LogP contribution in [0, 0.1) is 0 Å². The van der Waals surface area contributed by atoms with Gasteiger partial charge in [0.1, 0.15) is 0 Å². The number of hydrogen-bond donors (Lipinski definition) is 1. The Morgan fingerprint density at radius 1 is 1.10 bits per heavy atom. The minimum absolute atomic E-state index is 0.401. The SMILES string of the molecule is CCc1c(C(=O)O)ccn1Cc1cccc2ccccc12. The van der Waals surface area contributed by atoms with E-state index in [1.165, 1.54) is 16.3 Å². The minimum atomic E-state index is -0.858. The molecule has 3 rings (SSSR count). The molecule has 3 aromatic rings. The maximum Gasteiger partial charge on any atom is 0.337 e. The molecule has 0 fully saturated rings. The zero-order valence-corrected chi connectivity index (χ0v) is 11.9. The van der Waals surface area contributed by atoms with Gasteiger partial charge in [-0.2, -0.15) is 0 Å². The van der Waals surface area contributed by atoms with E-state index in [4.69, 9.17) is 0 Å². The number of carboxylic acids is 1. The van der Waals surface area contributed by atoms with E-state index in [2.05, 4.69) is 24.3 Å². The molecule has 0 amide bonds. The largest absolute Gasteiger partial charge is 0.478 e. The standard InChI is InChI=1S/C18H17NO2/c1-2-17-16(18(20)21)10-11-19(17)12-14-8-5-7-13-6-3-4-9-15(13)14/h3-11H,2,12H2,1H3,(H,20,21). The first-order valence-electron chi connectivity index (χ1n) is 7.08. The molecule has 0 unspecified atom stereocenters. The third kappa shape index (κ3) is 2.42. The molecule has 0 radical (unpaired) electrons. The van der Waals surface area contributed by atoms with Crippen LogP contribution in [0.4, 0.5) is 0 Å². The Labute approximate surface area is 123 Å². The predicted molar refractivity (Wildman–Crippen MR) is 83.8 cm³/mol. The normalized spacial score (nSPS) is 10.9. The summed E-state index contributed by atoms with van der Waals surface area (Å²) in [7, 11) is 0. The van der Waals surface area contributed by atoms with Crippen molar-refractivity contribution in [2.45, 2.75) is 19.9 Å². The second kappa shape index (κ2) is 5.44. The molecule has 3 nitrogen and oxygen atoms in total. The number of aromatic nitrogens is 1. The summed E-state index contributed by atoms with van der Waals surface area (Å²) in [5.74, 6) is -0.858. The van der Waals surface area contributed by atoms with Gasteiger partial charge in [0.15, 0.2) is 0 Å². The molecular formula is C18H17NO2. The van der Waals surface area contributed by atoms with Gasteiger partial charge in [0.05, 0.1) is 5.56 Å². The van der Waals surface area contributed by atoms with Crippen LogP contribution in [0.2, 0.25) is 0 Å². The first kappa shape index (κ1) is 13.4. The van der Waals surface area contributed by atoms with E-state index < -0.39 is 5.97 Å². The lowest BCUT2D eigenvalue weighted by atomic mass is 10.0. The van der Waals surface area contributed by atoms with E-state index in [0.29, 0.717) is 18.5 Å². The fourth-order valence-electron chi connectivity index (χ4n) is 2.86. The number of fused-ring (bicyclic) bond motifs is 1. The third-order valence-electron chi connectivity index (χ3n) is 3.86. The van der Waals surface area contributed by atoms with Crippen molar-refractivity contribution in [1.82, 2.24) is 4.57 Å². The molecular weight excluding hydrogens is 262 g/mol. The van der Waals surface area contributed by atoms with Crippen LogP contribution in [-0.2, 0) is 13.0 Å². The van der Waals surface area contributed by atoms with Crippen LogP contribution >= 0.6 is 0 Å². The summed E-state index contributed by atoms with van der Waals surface area (Å²) in [4.78, 5) is 11.2. The summed E-state index contributed by atoms with van der Waals surface area (Å²) < 4.78 is 2.03. The van der Waals surface area contributed by atoms with E-state index >= 15 is 0 Å². The van der Waals surface area contributed by atoms with Crippen LogP contribution in [0.15, 0.2) is 54.7 Å². The Morgan fingerprint density at radius 2 is 1.86 bits per heavy atom. The predicted octanol–water partition coefficient (Wildman–Crippen LogP) is 3.95. The summed E-state index contributed by atoms with van der Waals surface area (Å²) in [5, 5.41) is 11.7. The highest BCUT2D eigenvalue weighted by atomic mass is 16.4. The topological polar surface area (TPSA) is 42.2 Å². The van der Waals surface area contributed by atoms with Crippen molar-refractivity contribution >= 4 is 16.7 Å². The lowest BCUT2D eigenvalue weighted by molar-refractivity contribution is 0.0695. The van der Waals surface area contributed by atoms with Gasteiger partial charge in [-0.25, -0.2) is 4.79 Å². The van der Waals surface area contributed by atoms with E-state index in [9.17, 15) is 9.90 Å². The molecule has 0 atom stereocenters. The molecule has 0 saturated heterocycles. The quantitative estimate of drug-likeness (QED) is 0.785. The van der Waals surface area contributed by atoms with Crippen LogP contribution in [0.3, 0.4) is 0 Å². The summed E-state index contributed by atoms with van der Waals surface area (Å²) in [6.45, 7) is 2.68. The van der Waals surface area contributed by atoms with Crippen molar-refractivity contribution in [3.05, 3.63) is 71.5 Å². The van der Waals surface area contributed by atoms with Crippen molar-refractivity contribution in [3.63, 3.8) is 0 Å². The molecule has 0 aliphatic heterocycles. The van der Waals surface area contributed by atoms with Crippen molar-refractivity contribution in [3.8, 4) is 0 Å². The van der Waals surface area contributed by atoms with Gasteiger partial charge in [-0.3, -0.25) is 0 Å². The lowest BCUT2D eigenvalue weighted by Crippen LogP contribution is -2.07. The molecule has 0 aliphatic rings. The molecule has 0 spiro atoms. The zero-order valence-electron chi connectivity index (χ0n) is 11.9. The van der Waals surface area contributed by atoms with Crippen LogP contribution in [-0.4, -0.2) is 15.6 Å². The van der Waals surface area contributed by atoms with E-state index in [1.54, 1.807) is 6.07 Å². The Kier molecular flexibility index (Phi) is 3.48. The van der Waals surface area contributed by atoms with E-state index in [0.717, 1.165) is 5.69 Å². The number of aromatic carboxylic acids is 1. The van der Waals surface area contributed by atoms with Crippen LogP contribution in [0.1, 0.15) is 28.5 Å². The van der Waals surface area contributed by atoms with Gasteiger partial charge in [-0.05, 0) is 28.8 Å². The minimum Gasteiger partial charge on any atom is -0.478 e. The maximum absolute atomic E-state index is 11.2. The monoisotopic (exact) mass is 279 g/mol. The first-order chi connectivity index (χ1) is 10.2. The Hall–Kier alpha value is -2.55. The second-order valence-corrected chi connectivity index (χ2v) is 5.10. The Bertz CT molecular complexity index is 797. The van der Waals surface area contributed by atoms with Crippen LogP contribution in [0.5, 0.6) is 0 Å². The van der Waals surface area contributed by atoms with Crippen LogP contribution < -0.4 is 0 Å². The Morgan fingerprint density at radius 3 is 2.62 bits per heavy atom. The summed E-state index contributed by atoms with van der Waals surface area (Å²) in [6, 6.07) is 16.2. The number of carboxylic acid groups (broad SMARTS) is 1. The fraction of sp³-hybridized carbons (Fsp3) is 0.167. The number of rotatable bonds is 4. The van der Waals surface area contributed by atoms with Gasteiger partial charge in [-0.15, -0.1) is 0 Å². The second-order valence-electron chi connectivity index (χ2n) is 5.10. The van der Waals surface area contributed by atoms with Crippen molar-refractivity contribution in [2.75, 3.05) is 0 Å². The molecule has 0 saturated carbocycles. The van der Waals surface area contributed by atoms with Gasteiger partial charge in [-0.1, -0.05) is 49.4 Å². The lowest BCUT2D eigenvalue weighted by Gasteiger charge is -2.11. The average molecular weight is 279 g/mol. The van der Waals surface area contributed by atoms with Crippen molar-refractivity contribution < 1.29 is 9.90 Å². The summed E-state index contributed by atoms with van der Waals surface area (Å²) >= 11 is 0. The van der Waals surface area contributed by atoms with Gasteiger partial charge < -0.3 is 9.67 Å². The molecule has 1 heterocycles. The third-order valence-corrected chi connectivity index (χ3v) is 3.86. The van der Waals surface area contributed by atoms with Crippen molar-refractivity contribution in [2.24, 2.45) is 0 Å².